The minimum absolute atomic E-state index is 0.199. The summed E-state index contributed by atoms with van der Waals surface area (Å²) in [6.45, 7) is 3.84. The number of aryl methyl sites for hydroxylation is 1. The first-order valence-corrected chi connectivity index (χ1v) is 9.11. The van der Waals surface area contributed by atoms with E-state index < -0.39 is 10.0 Å². The molecule has 0 saturated carbocycles. The van der Waals surface area contributed by atoms with Crippen molar-refractivity contribution in [2.45, 2.75) is 25.2 Å². The highest BCUT2D eigenvalue weighted by Crippen LogP contribution is 2.18. The highest BCUT2D eigenvalue weighted by atomic mass is 79.9. The Bertz CT molecular complexity index is 784. The van der Waals surface area contributed by atoms with E-state index in [4.69, 9.17) is 0 Å². The Morgan fingerprint density at radius 3 is 2.36 bits per heavy atom. The summed E-state index contributed by atoms with van der Waals surface area (Å²) in [6, 6.07) is 14.2. The third kappa shape index (κ3) is 3.96. The van der Waals surface area contributed by atoms with Gasteiger partial charge in [-0.2, -0.15) is 18.4 Å². The van der Waals surface area contributed by atoms with Gasteiger partial charge in [0, 0.05) is 10.0 Å². The molecule has 0 aliphatic carbocycles. The lowest BCUT2D eigenvalue weighted by molar-refractivity contribution is 0.584. The molecule has 0 radical (unpaired) electrons. The van der Waals surface area contributed by atoms with Gasteiger partial charge in [0.05, 0.1) is 10.6 Å². The summed E-state index contributed by atoms with van der Waals surface area (Å²) in [7, 11) is -3.66. The molecule has 2 rings (SSSR count). The number of halogens is 1. The second kappa shape index (κ2) is 7.07. The van der Waals surface area contributed by atoms with E-state index in [1.54, 1.807) is 24.3 Å². The van der Waals surface area contributed by atoms with Crippen LogP contribution in [0.25, 0.3) is 0 Å². The lowest BCUT2D eigenvalue weighted by Crippen LogP contribution is -2.20. The Hall–Kier alpha value is -1.66. The summed E-state index contributed by atoms with van der Waals surface area (Å²) in [4.78, 5) is 2.51. The monoisotopic (exact) mass is 380 g/mol. The Kier molecular flexibility index (Phi) is 5.37. The van der Waals surface area contributed by atoms with E-state index in [0.717, 1.165) is 15.6 Å². The molecule has 6 heteroatoms. The van der Waals surface area contributed by atoms with E-state index in [1.807, 2.05) is 38.1 Å². The third-order valence-corrected chi connectivity index (χ3v) is 5.07. The Morgan fingerprint density at radius 2 is 1.77 bits per heavy atom. The largest absolute Gasteiger partial charge is 0.276 e. The van der Waals surface area contributed by atoms with E-state index in [-0.39, 0.29) is 4.90 Å². The van der Waals surface area contributed by atoms with Gasteiger partial charge in [0.25, 0.3) is 10.0 Å². The zero-order valence-corrected chi connectivity index (χ0v) is 14.8. The fraction of sp³-hybridized carbons (Fsp3) is 0.188. The normalized spacial score (nSPS) is 12.2. The quantitative estimate of drug-likeness (QED) is 0.632. The molecule has 0 saturated heterocycles. The summed E-state index contributed by atoms with van der Waals surface area (Å²) in [6.07, 6.45) is 0.610. The van der Waals surface area contributed by atoms with Crippen LogP contribution in [-0.4, -0.2) is 14.1 Å². The van der Waals surface area contributed by atoms with Crippen LogP contribution < -0.4 is 4.83 Å². The van der Waals surface area contributed by atoms with Crippen LogP contribution in [0.4, 0.5) is 0 Å². The predicted molar refractivity (Wildman–Crippen MR) is 92.5 cm³/mol. The SMILES string of the molecule is CC/C(=N/NS(=O)(=O)c1ccc(C)cc1)c1ccccc1Br. The van der Waals surface area contributed by atoms with Gasteiger partial charge in [-0.1, -0.05) is 58.7 Å². The van der Waals surface area contributed by atoms with Crippen molar-refractivity contribution in [2.24, 2.45) is 5.10 Å². The molecule has 0 unspecified atom stereocenters. The molecule has 2 aromatic carbocycles. The second-order valence-corrected chi connectivity index (χ2v) is 7.31. The number of sulfonamides is 1. The van der Waals surface area contributed by atoms with Gasteiger partial charge in [-0.25, -0.2) is 0 Å². The van der Waals surface area contributed by atoms with Crippen molar-refractivity contribution in [3.8, 4) is 0 Å². The molecule has 0 fully saturated rings. The Balaban J connectivity index is 2.28. The van der Waals surface area contributed by atoms with Crippen LogP contribution in [0.5, 0.6) is 0 Å². The molecule has 0 aliphatic heterocycles. The average Bonchev–Trinajstić information content (AvgIpc) is 2.50. The van der Waals surface area contributed by atoms with Crippen LogP contribution >= 0.6 is 15.9 Å². The van der Waals surface area contributed by atoms with Crippen molar-refractivity contribution < 1.29 is 8.42 Å². The lowest BCUT2D eigenvalue weighted by Gasteiger charge is -2.08. The molecule has 4 nitrogen and oxygen atoms in total. The fourth-order valence-electron chi connectivity index (χ4n) is 1.91. The maximum atomic E-state index is 12.3. The van der Waals surface area contributed by atoms with E-state index >= 15 is 0 Å². The highest BCUT2D eigenvalue weighted by Gasteiger charge is 2.13. The van der Waals surface area contributed by atoms with Crippen LogP contribution in [0.15, 0.2) is 63.0 Å². The van der Waals surface area contributed by atoms with Crippen molar-refractivity contribution in [1.29, 1.82) is 0 Å². The van der Waals surface area contributed by atoms with Gasteiger partial charge in [0.2, 0.25) is 0 Å². The van der Waals surface area contributed by atoms with Crippen LogP contribution in [0.1, 0.15) is 24.5 Å². The first kappa shape index (κ1) is 16.7. The number of nitrogens with one attached hydrogen (secondary N) is 1. The van der Waals surface area contributed by atoms with Crippen molar-refractivity contribution in [3.05, 3.63) is 64.1 Å². The van der Waals surface area contributed by atoms with Gasteiger partial charge in [0.1, 0.15) is 0 Å². The molecule has 2 aromatic rings. The van der Waals surface area contributed by atoms with Gasteiger partial charge in [-0.15, -0.1) is 0 Å². The summed E-state index contributed by atoms with van der Waals surface area (Å²) in [5.41, 5.74) is 2.55. The molecule has 0 atom stereocenters. The number of rotatable bonds is 5. The van der Waals surface area contributed by atoms with E-state index in [2.05, 4.69) is 25.9 Å². The predicted octanol–water partition coefficient (Wildman–Crippen LogP) is 3.85. The van der Waals surface area contributed by atoms with Gasteiger partial charge < -0.3 is 0 Å². The molecule has 0 amide bonds. The Labute approximate surface area is 139 Å². The Morgan fingerprint density at radius 1 is 1.14 bits per heavy atom. The minimum atomic E-state index is -3.66. The van der Waals surface area contributed by atoms with Gasteiger partial charge >= 0.3 is 0 Å². The van der Waals surface area contributed by atoms with Crippen molar-refractivity contribution in [2.75, 3.05) is 0 Å². The first-order chi connectivity index (χ1) is 10.4. The molecular weight excluding hydrogens is 364 g/mol. The average molecular weight is 381 g/mol. The fourth-order valence-corrected chi connectivity index (χ4v) is 3.25. The molecule has 1 N–H and O–H groups in total. The third-order valence-electron chi connectivity index (χ3n) is 3.15. The van der Waals surface area contributed by atoms with Crippen molar-refractivity contribution in [1.82, 2.24) is 4.83 Å². The van der Waals surface area contributed by atoms with Crippen LogP contribution in [0.2, 0.25) is 0 Å². The second-order valence-electron chi connectivity index (χ2n) is 4.80. The number of hydrazone groups is 1. The van der Waals surface area contributed by atoms with E-state index in [0.29, 0.717) is 12.1 Å². The number of benzene rings is 2. The highest BCUT2D eigenvalue weighted by molar-refractivity contribution is 9.10. The zero-order valence-electron chi connectivity index (χ0n) is 12.4. The van der Waals surface area contributed by atoms with Crippen LogP contribution in [-0.2, 0) is 10.0 Å². The smallest absolute Gasteiger partial charge is 0.200 e. The lowest BCUT2D eigenvalue weighted by atomic mass is 10.1. The van der Waals surface area contributed by atoms with Crippen molar-refractivity contribution >= 4 is 31.7 Å². The van der Waals surface area contributed by atoms with E-state index in [9.17, 15) is 8.42 Å². The molecule has 0 heterocycles. The summed E-state index contributed by atoms with van der Waals surface area (Å²) in [5.74, 6) is 0. The summed E-state index contributed by atoms with van der Waals surface area (Å²) >= 11 is 3.45. The van der Waals surface area contributed by atoms with Crippen molar-refractivity contribution in [3.63, 3.8) is 0 Å². The molecule has 0 aliphatic rings. The van der Waals surface area contributed by atoms with Gasteiger partial charge in [0.15, 0.2) is 0 Å². The molecule has 0 spiro atoms. The standard InChI is InChI=1S/C16H17BrN2O2S/c1-3-16(14-6-4-5-7-15(14)17)18-19-22(20,21)13-10-8-12(2)9-11-13/h4-11,19H,3H2,1-2H3/b18-16-. The van der Waals surface area contributed by atoms with Crippen LogP contribution in [0.3, 0.4) is 0 Å². The number of hydrogen-bond donors (Lipinski definition) is 1. The molecular formula is C16H17BrN2O2S. The zero-order chi connectivity index (χ0) is 16.2. The molecule has 0 aromatic heterocycles. The maximum Gasteiger partial charge on any atom is 0.276 e. The number of hydrogen-bond acceptors (Lipinski definition) is 3. The van der Waals surface area contributed by atoms with Crippen LogP contribution in [0, 0.1) is 6.92 Å². The summed E-state index contributed by atoms with van der Waals surface area (Å²) in [5, 5.41) is 4.09. The maximum absolute atomic E-state index is 12.3. The first-order valence-electron chi connectivity index (χ1n) is 6.84. The van der Waals surface area contributed by atoms with Gasteiger partial charge in [-0.3, -0.25) is 0 Å². The summed E-state index contributed by atoms with van der Waals surface area (Å²) < 4.78 is 25.4. The van der Waals surface area contributed by atoms with E-state index in [1.165, 1.54) is 0 Å². The minimum Gasteiger partial charge on any atom is -0.200 e. The molecule has 22 heavy (non-hydrogen) atoms. The number of nitrogens with zero attached hydrogens (tertiary/aromatic N) is 1. The topological polar surface area (TPSA) is 58.5 Å². The molecule has 116 valence electrons. The van der Waals surface area contributed by atoms with Gasteiger partial charge in [-0.05, 0) is 31.5 Å². The molecule has 0 bridgehead atoms.